The summed E-state index contributed by atoms with van der Waals surface area (Å²) in [4.78, 5) is 6.88. The van der Waals surface area contributed by atoms with Crippen LogP contribution in [0.1, 0.15) is 31.4 Å². The van der Waals surface area contributed by atoms with Crippen molar-refractivity contribution in [3.8, 4) is 5.75 Å². The van der Waals surface area contributed by atoms with Crippen LogP contribution in [0.3, 0.4) is 0 Å². The maximum absolute atomic E-state index is 9.38. The van der Waals surface area contributed by atoms with E-state index >= 15 is 0 Å². The Labute approximate surface area is 125 Å². The van der Waals surface area contributed by atoms with Crippen molar-refractivity contribution in [1.29, 1.82) is 0 Å². The fourth-order valence-electron chi connectivity index (χ4n) is 2.77. The molecule has 1 unspecified atom stereocenters. The molecule has 1 aromatic heterocycles. The summed E-state index contributed by atoms with van der Waals surface area (Å²) in [5.41, 5.74) is 2.21. The van der Waals surface area contributed by atoms with E-state index in [0.29, 0.717) is 5.75 Å². The monoisotopic (exact) mass is 283 g/mol. The van der Waals surface area contributed by atoms with Crippen molar-refractivity contribution in [2.75, 3.05) is 23.3 Å². The van der Waals surface area contributed by atoms with Gasteiger partial charge in [-0.3, -0.25) is 0 Å². The predicted octanol–water partition coefficient (Wildman–Crippen LogP) is 3.56. The van der Waals surface area contributed by atoms with Gasteiger partial charge in [0.25, 0.3) is 0 Å². The minimum absolute atomic E-state index is 0.163. The normalized spacial score (nSPS) is 16.0. The lowest BCUT2D eigenvalue weighted by Crippen LogP contribution is -2.21. The molecule has 0 radical (unpaired) electrons. The number of rotatable bonds is 4. The van der Waals surface area contributed by atoms with Crippen LogP contribution in [0, 0.1) is 0 Å². The minimum atomic E-state index is 0.163. The molecule has 0 aliphatic carbocycles. The van der Waals surface area contributed by atoms with Crippen molar-refractivity contribution in [2.24, 2.45) is 0 Å². The van der Waals surface area contributed by atoms with E-state index in [2.05, 4.69) is 28.2 Å². The molecule has 2 heterocycles. The number of aromatic hydroxyl groups is 1. The quantitative estimate of drug-likeness (QED) is 0.900. The molecule has 0 bridgehead atoms. The van der Waals surface area contributed by atoms with Crippen molar-refractivity contribution < 1.29 is 5.11 Å². The van der Waals surface area contributed by atoms with Crippen molar-refractivity contribution in [3.05, 3.63) is 48.2 Å². The van der Waals surface area contributed by atoms with Gasteiger partial charge in [-0.05, 0) is 49.6 Å². The third kappa shape index (κ3) is 3.10. The average molecular weight is 283 g/mol. The third-order valence-electron chi connectivity index (χ3n) is 3.96. The molecule has 0 spiro atoms. The molecule has 1 aromatic carbocycles. The zero-order valence-electron chi connectivity index (χ0n) is 12.3. The highest BCUT2D eigenvalue weighted by atomic mass is 16.3. The summed E-state index contributed by atoms with van der Waals surface area (Å²) < 4.78 is 0. The molecule has 1 aliphatic rings. The summed E-state index contributed by atoms with van der Waals surface area (Å²) in [6, 6.07) is 11.5. The van der Waals surface area contributed by atoms with Crippen LogP contribution in [0.25, 0.3) is 0 Å². The number of aromatic nitrogens is 1. The number of nitrogens with one attached hydrogen (secondary N) is 1. The Bertz CT molecular complexity index is 591. The van der Waals surface area contributed by atoms with Crippen LogP contribution in [0.2, 0.25) is 0 Å². The second kappa shape index (κ2) is 6.04. The van der Waals surface area contributed by atoms with Crippen molar-refractivity contribution >= 4 is 11.5 Å². The summed E-state index contributed by atoms with van der Waals surface area (Å²) in [7, 11) is 0. The Morgan fingerprint density at radius 1 is 1.14 bits per heavy atom. The Balaban J connectivity index is 1.79. The Hall–Kier alpha value is -2.23. The first kappa shape index (κ1) is 13.7. The van der Waals surface area contributed by atoms with Crippen LogP contribution < -0.4 is 10.2 Å². The molecule has 1 saturated heterocycles. The summed E-state index contributed by atoms with van der Waals surface area (Å²) in [6.07, 6.45) is 4.33. The van der Waals surface area contributed by atoms with E-state index in [1.807, 2.05) is 24.4 Å². The average Bonchev–Trinajstić information content (AvgIpc) is 3.02. The van der Waals surface area contributed by atoms with Crippen LogP contribution in [-0.4, -0.2) is 23.2 Å². The van der Waals surface area contributed by atoms with Gasteiger partial charge in [-0.1, -0.05) is 12.1 Å². The van der Waals surface area contributed by atoms with Crippen LogP contribution >= 0.6 is 0 Å². The molecular formula is C17H21N3O. The van der Waals surface area contributed by atoms with E-state index in [-0.39, 0.29) is 6.04 Å². The Kier molecular flexibility index (Phi) is 3.95. The smallest absolute Gasteiger partial charge is 0.151 e. The highest BCUT2D eigenvalue weighted by Crippen LogP contribution is 2.29. The number of phenols is 1. The Morgan fingerprint density at radius 3 is 2.57 bits per heavy atom. The molecule has 2 aromatic rings. The van der Waals surface area contributed by atoms with Gasteiger partial charge in [-0.15, -0.1) is 0 Å². The number of phenolic OH excluding ortho intramolecular Hbond substituents is 1. The van der Waals surface area contributed by atoms with Crippen LogP contribution in [0.4, 0.5) is 11.5 Å². The lowest BCUT2D eigenvalue weighted by Gasteiger charge is -2.23. The molecule has 2 N–H and O–H groups in total. The predicted molar refractivity (Wildman–Crippen MR) is 85.8 cm³/mol. The van der Waals surface area contributed by atoms with Crippen molar-refractivity contribution in [2.45, 2.75) is 25.8 Å². The molecule has 110 valence electrons. The van der Waals surface area contributed by atoms with Gasteiger partial charge in [0.1, 0.15) is 5.75 Å². The molecule has 3 rings (SSSR count). The first-order valence-electron chi connectivity index (χ1n) is 7.49. The molecule has 4 nitrogen and oxygen atoms in total. The van der Waals surface area contributed by atoms with Gasteiger partial charge in [0, 0.05) is 25.3 Å². The maximum Gasteiger partial charge on any atom is 0.151 e. The molecule has 1 fully saturated rings. The molecular weight excluding hydrogens is 262 g/mol. The van der Waals surface area contributed by atoms with Crippen molar-refractivity contribution in [3.63, 3.8) is 0 Å². The zero-order chi connectivity index (χ0) is 14.7. The van der Waals surface area contributed by atoms with Gasteiger partial charge >= 0.3 is 0 Å². The molecule has 1 atom stereocenters. The van der Waals surface area contributed by atoms with Gasteiger partial charge in [-0.2, -0.15) is 0 Å². The van der Waals surface area contributed by atoms with Crippen LogP contribution in [-0.2, 0) is 0 Å². The fraction of sp³-hybridized carbons (Fsp3) is 0.353. The minimum Gasteiger partial charge on any atom is -0.508 e. The second-order valence-corrected chi connectivity index (χ2v) is 5.53. The molecule has 0 amide bonds. The highest BCUT2D eigenvalue weighted by Gasteiger charge is 2.17. The molecule has 0 saturated carbocycles. The first-order valence-corrected chi connectivity index (χ1v) is 7.49. The topological polar surface area (TPSA) is 48.4 Å². The molecule has 21 heavy (non-hydrogen) atoms. The second-order valence-electron chi connectivity index (χ2n) is 5.53. The van der Waals surface area contributed by atoms with Crippen LogP contribution in [0.5, 0.6) is 5.75 Å². The third-order valence-corrected chi connectivity index (χ3v) is 3.96. The Morgan fingerprint density at radius 2 is 1.86 bits per heavy atom. The SMILES string of the molecule is CC(Nc1cccnc1N1CCCC1)c1ccc(O)cc1. The number of pyridine rings is 1. The molecule has 1 aliphatic heterocycles. The van der Waals surface area contributed by atoms with Crippen LogP contribution in [0.15, 0.2) is 42.6 Å². The summed E-state index contributed by atoms with van der Waals surface area (Å²) >= 11 is 0. The zero-order valence-corrected chi connectivity index (χ0v) is 12.3. The van der Waals surface area contributed by atoms with E-state index in [1.54, 1.807) is 12.1 Å². The van der Waals surface area contributed by atoms with Gasteiger partial charge in [0.2, 0.25) is 0 Å². The maximum atomic E-state index is 9.38. The van der Waals surface area contributed by atoms with Gasteiger partial charge in [0.15, 0.2) is 5.82 Å². The van der Waals surface area contributed by atoms with Gasteiger partial charge in [-0.25, -0.2) is 4.98 Å². The summed E-state index contributed by atoms with van der Waals surface area (Å²) in [6.45, 7) is 4.28. The van der Waals surface area contributed by atoms with E-state index < -0.39 is 0 Å². The lowest BCUT2D eigenvalue weighted by atomic mass is 10.1. The largest absolute Gasteiger partial charge is 0.508 e. The number of benzene rings is 1. The number of hydrogen-bond acceptors (Lipinski definition) is 4. The van der Waals surface area contributed by atoms with E-state index in [1.165, 1.54) is 12.8 Å². The first-order chi connectivity index (χ1) is 10.2. The fourth-order valence-corrected chi connectivity index (χ4v) is 2.77. The van der Waals surface area contributed by atoms with E-state index in [0.717, 1.165) is 30.2 Å². The standard InChI is InChI=1S/C17H21N3O/c1-13(14-6-8-15(21)9-7-14)19-16-5-4-10-18-17(16)20-11-2-3-12-20/h4-10,13,19,21H,2-3,11-12H2,1H3. The van der Waals surface area contributed by atoms with Gasteiger partial charge in [0.05, 0.1) is 5.69 Å². The van der Waals surface area contributed by atoms with E-state index in [4.69, 9.17) is 0 Å². The van der Waals surface area contributed by atoms with E-state index in [9.17, 15) is 5.11 Å². The molecule has 4 heteroatoms. The summed E-state index contributed by atoms with van der Waals surface area (Å²) in [5.74, 6) is 1.34. The lowest BCUT2D eigenvalue weighted by molar-refractivity contribution is 0.475. The van der Waals surface area contributed by atoms with Crippen molar-refractivity contribution in [1.82, 2.24) is 4.98 Å². The van der Waals surface area contributed by atoms with Gasteiger partial charge < -0.3 is 15.3 Å². The number of hydrogen-bond donors (Lipinski definition) is 2. The number of nitrogens with zero attached hydrogens (tertiary/aromatic N) is 2. The highest BCUT2D eigenvalue weighted by molar-refractivity contribution is 5.66. The summed E-state index contributed by atoms with van der Waals surface area (Å²) in [5, 5.41) is 12.9. The number of anilines is 2.